The van der Waals surface area contributed by atoms with Crippen LogP contribution < -0.4 is 9.88 Å². The summed E-state index contributed by atoms with van der Waals surface area (Å²) in [4.78, 5) is 3.80. The topological polar surface area (TPSA) is 120 Å². The fourth-order valence-corrected chi connectivity index (χ4v) is 4.91. The molecule has 0 amide bonds. The molecule has 0 unspecified atom stereocenters. The van der Waals surface area contributed by atoms with Crippen molar-refractivity contribution in [1.82, 2.24) is 9.29 Å². The van der Waals surface area contributed by atoms with Crippen LogP contribution in [0.2, 0.25) is 0 Å². The zero-order chi connectivity index (χ0) is 18.9. The molecule has 0 bridgehead atoms. The number of sulfonamides is 2. The van der Waals surface area contributed by atoms with E-state index >= 15 is 0 Å². The van der Waals surface area contributed by atoms with Crippen LogP contribution in [0.4, 0.5) is 0 Å². The first-order chi connectivity index (χ1) is 12.2. The third-order valence-corrected chi connectivity index (χ3v) is 6.90. The average Bonchev–Trinajstić information content (AvgIpc) is 3.06. The molecule has 0 radical (unpaired) electrons. The molecule has 1 fully saturated rings. The van der Waals surface area contributed by atoms with Gasteiger partial charge in [-0.3, -0.25) is 4.98 Å². The van der Waals surface area contributed by atoms with Gasteiger partial charge in [0.1, 0.15) is 11.9 Å². The fourth-order valence-electron chi connectivity index (χ4n) is 2.75. The smallest absolute Gasteiger partial charge is 0.243 e. The maximum absolute atomic E-state index is 12.8. The number of hydrogen-bond acceptors (Lipinski definition) is 6. The maximum atomic E-state index is 12.8. The fraction of sp³-hybridized carbons (Fsp3) is 0.312. The summed E-state index contributed by atoms with van der Waals surface area (Å²) in [6.45, 7) is 2.28. The second kappa shape index (κ2) is 6.95. The van der Waals surface area contributed by atoms with Crippen molar-refractivity contribution in [2.24, 2.45) is 5.14 Å². The lowest BCUT2D eigenvalue weighted by Crippen LogP contribution is -2.31. The summed E-state index contributed by atoms with van der Waals surface area (Å²) in [7, 11) is -7.82. The van der Waals surface area contributed by atoms with Gasteiger partial charge in [-0.15, -0.1) is 0 Å². The van der Waals surface area contributed by atoms with E-state index in [2.05, 4.69) is 4.98 Å². The van der Waals surface area contributed by atoms with Crippen molar-refractivity contribution < 1.29 is 21.6 Å². The van der Waals surface area contributed by atoms with Crippen molar-refractivity contribution in [2.45, 2.75) is 29.2 Å². The van der Waals surface area contributed by atoms with E-state index in [4.69, 9.17) is 9.88 Å². The number of nitrogens with zero attached hydrogens (tertiary/aromatic N) is 2. The van der Waals surface area contributed by atoms with Gasteiger partial charge in [0.05, 0.1) is 22.0 Å². The molecule has 1 aromatic heterocycles. The lowest BCUT2D eigenvalue weighted by Gasteiger charge is -2.18. The Morgan fingerprint density at radius 1 is 1.15 bits per heavy atom. The minimum atomic E-state index is -3.98. The Balaban J connectivity index is 1.78. The number of rotatable bonds is 5. The van der Waals surface area contributed by atoms with Crippen LogP contribution in [-0.4, -0.2) is 45.3 Å². The molecule has 0 aliphatic carbocycles. The molecule has 2 N–H and O–H groups in total. The number of aryl methyl sites for hydroxylation is 1. The molecule has 1 aromatic carbocycles. The lowest BCUT2D eigenvalue weighted by atomic mass is 10.3. The Hall–Kier alpha value is -2.01. The standard InChI is InChI=1S/C16H19N3O5S2/c1-12-16(6-3-8-18-12)24-13-7-9-19(11-13)26(22,23)15-5-2-4-14(10-15)25(17,20)21/h2-6,8,10,13H,7,9,11H2,1H3,(H2,17,20,21)/t13-/m1/s1. The van der Waals surface area contributed by atoms with Crippen molar-refractivity contribution in [3.8, 4) is 5.75 Å². The predicted molar refractivity (Wildman–Crippen MR) is 94.6 cm³/mol. The Morgan fingerprint density at radius 2 is 1.88 bits per heavy atom. The highest BCUT2D eigenvalue weighted by atomic mass is 32.2. The van der Waals surface area contributed by atoms with E-state index in [0.29, 0.717) is 12.2 Å². The monoisotopic (exact) mass is 397 g/mol. The van der Waals surface area contributed by atoms with Crippen LogP contribution in [0.3, 0.4) is 0 Å². The molecule has 0 saturated carbocycles. The average molecular weight is 397 g/mol. The van der Waals surface area contributed by atoms with Gasteiger partial charge in [-0.25, -0.2) is 22.0 Å². The number of benzene rings is 1. The Bertz CT molecular complexity index is 1020. The first-order valence-corrected chi connectivity index (χ1v) is 10.9. The van der Waals surface area contributed by atoms with Gasteiger partial charge in [0.2, 0.25) is 20.0 Å². The van der Waals surface area contributed by atoms with Gasteiger partial charge in [-0.05, 0) is 43.7 Å². The molecular formula is C16H19N3O5S2. The van der Waals surface area contributed by atoms with Crippen LogP contribution in [0.1, 0.15) is 12.1 Å². The molecule has 3 rings (SSSR count). The van der Waals surface area contributed by atoms with E-state index in [1.807, 2.05) is 6.92 Å². The van der Waals surface area contributed by atoms with E-state index < -0.39 is 20.0 Å². The van der Waals surface area contributed by atoms with Crippen LogP contribution in [-0.2, 0) is 20.0 Å². The van der Waals surface area contributed by atoms with Crippen molar-refractivity contribution in [3.63, 3.8) is 0 Å². The first kappa shape index (κ1) is 18.8. The van der Waals surface area contributed by atoms with Gasteiger partial charge in [0.15, 0.2) is 0 Å². The van der Waals surface area contributed by atoms with Gasteiger partial charge >= 0.3 is 0 Å². The number of ether oxygens (including phenoxy) is 1. The van der Waals surface area contributed by atoms with Crippen molar-refractivity contribution in [1.29, 1.82) is 0 Å². The molecule has 8 nitrogen and oxygen atoms in total. The van der Waals surface area contributed by atoms with E-state index in [1.54, 1.807) is 18.3 Å². The van der Waals surface area contributed by atoms with Crippen LogP contribution in [0.25, 0.3) is 0 Å². The quantitative estimate of drug-likeness (QED) is 0.800. The summed E-state index contributed by atoms with van der Waals surface area (Å²) < 4.78 is 55.7. The highest BCUT2D eigenvalue weighted by Gasteiger charge is 2.34. The SMILES string of the molecule is Cc1ncccc1O[C@@H]1CCN(S(=O)(=O)c2cccc(S(N)(=O)=O)c2)C1. The van der Waals surface area contributed by atoms with Crippen molar-refractivity contribution >= 4 is 20.0 Å². The van der Waals surface area contributed by atoms with Crippen LogP contribution in [0, 0.1) is 6.92 Å². The second-order valence-corrected chi connectivity index (χ2v) is 9.50. The summed E-state index contributed by atoms with van der Waals surface area (Å²) in [5.41, 5.74) is 0.731. The predicted octanol–water partition coefficient (Wildman–Crippen LogP) is 0.879. The van der Waals surface area contributed by atoms with E-state index in [0.717, 1.165) is 11.8 Å². The van der Waals surface area contributed by atoms with Gasteiger partial charge in [0, 0.05) is 12.7 Å². The number of aromatic nitrogens is 1. The molecule has 140 valence electrons. The molecular weight excluding hydrogens is 378 g/mol. The minimum absolute atomic E-state index is 0.109. The number of hydrogen-bond donors (Lipinski definition) is 1. The first-order valence-electron chi connectivity index (χ1n) is 7.89. The van der Waals surface area contributed by atoms with E-state index in [-0.39, 0.29) is 29.0 Å². The molecule has 1 atom stereocenters. The van der Waals surface area contributed by atoms with Crippen LogP contribution >= 0.6 is 0 Å². The summed E-state index contributed by atoms with van der Waals surface area (Å²) in [6, 6.07) is 8.58. The van der Waals surface area contributed by atoms with E-state index in [1.165, 1.54) is 22.5 Å². The van der Waals surface area contributed by atoms with E-state index in [9.17, 15) is 16.8 Å². The van der Waals surface area contributed by atoms with Gasteiger partial charge in [-0.1, -0.05) is 6.07 Å². The molecule has 2 aromatic rings. The molecule has 2 heterocycles. The molecule has 1 saturated heterocycles. The minimum Gasteiger partial charge on any atom is -0.487 e. The largest absolute Gasteiger partial charge is 0.487 e. The summed E-state index contributed by atoms with van der Waals surface area (Å²) in [6.07, 6.45) is 1.89. The molecule has 10 heteroatoms. The molecule has 1 aliphatic heterocycles. The van der Waals surface area contributed by atoms with Crippen molar-refractivity contribution in [3.05, 3.63) is 48.3 Å². The molecule has 26 heavy (non-hydrogen) atoms. The van der Waals surface area contributed by atoms with Crippen molar-refractivity contribution in [2.75, 3.05) is 13.1 Å². The zero-order valence-electron chi connectivity index (χ0n) is 14.1. The van der Waals surface area contributed by atoms with Gasteiger partial charge in [0.25, 0.3) is 0 Å². The van der Waals surface area contributed by atoms with Gasteiger partial charge in [-0.2, -0.15) is 4.31 Å². The number of primary sulfonamides is 1. The second-order valence-electron chi connectivity index (χ2n) is 6.00. The Morgan fingerprint density at radius 3 is 2.58 bits per heavy atom. The molecule has 1 aliphatic rings. The lowest BCUT2D eigenvalue weighted by molar-refractivity contribution is 0.213. The summed E-state index contributed by atoms with van der Waals surface area (Å²) >= 11 is 0. The number of pyridine rings is 1. The van der Waals surface area contributed by atoms with Gasteiger partial charge < -0.3 is 4.74 Å². The zero-order valence-corrected chi connectivity index (χ0v) is 15.7. The third kappa shape index (κ3) is 3.88. The highest BCUT2D eigenvalue weighted by Crippen LogP contribution is 2.26. The third-order valence-electron chi connectivity index (χ3n) is 4.13. The van der Waals surface area contributed by atoms with Crippen LogP contribution in [0.5, 0.6) is 5.75 Å². The Labute approximate surface area is 152 Å². The molecule has 0 spiro atoms. The highest BCUT2D eigenvalue weighted by molar-refractivity contribution is 7.90. The number of nitrogens with two attached hydrogens (primary N) is 1. The Kier molecular flexibility index (Phi) is 5.02. The maximum Gasteiger partial charge on any atom is 0.243 e. The van der Waals surface area contributed by atoms with Crippen LogP contribution in [0.15, 0.2) is 52.4 Å². The summed E-state index contributed by atoms with van der Waals surface area (Å²) in [5, 5.41) is 5.08. The summed E-state index contributed by atoms with van der Waals surface area (Å²) in [5.74, 6) is 0.618. The normalized spacial score (nSPS) is 18.8.